The molecule has 0 spiro atoms. The third-order valence-electron chi connectivity index (χ3n) is 1.64. The summed E-state index contributed by atoms with van der Waals surface area (Å²) < 4.78 is 23.1. The lowest BCUT2D eigenvalue weighted by atomic mass is 10.2. The Morgan fingerprint density at radius 2 is 2.00 bits per heavy atom. The average Bonchev–Trinajstić information content (AvgIpc) is 2.18. The maximum Gasteiger partial charge on any atom is 0.247 e. The van der Waals surface area contributed by atoms with Gasteiger partial charge in [0, 0.05) is 19.0 Å². The quantitative estimate of drug-likeness (QED) is 0.710. The first-order chi connectivity index (χ1) is 6.56. The zero-order chi connectivity index (χ0) is 10.6. The van der Waals surface area contributed by atoms with Crippen LogP contribution >= 0.6 is 0 Å². The van der Waals surface area contributed by atoms with Crippen LogP contribution in [0.4, 0.5) is 0 Å². The number of sulfone groups is 1. The standard InChI is InChI=1S/C8H12N2O3S/c1-7(5-11)6-14(12,13)8-9-3-2-4-10-8/h2-4,7,11H,5-6H2,1H3. The van der Waals surface area contributed by atoms with E-state index >= 15 is 0 Å². The van der Waals surface area contributed by atoms with Gasteiger partial charge in [0.1, 0.15) is 0 Å². The Balaban J connectivity index is 2.87. The van der Waals surface area contributed by atoms with Crippen molar-refractivity contribution in [2.24, 2.45) is 5.92 Å². The van der Waals surface area contributed by atoms with Crippen LogP contribution < -0.4 is 0 Å². The molecule has 0 aromatic carbocycles. The molecule has 0 fully saturated rings. The van der Waals surface area contributed by atoms with Gasteiger partial charge in [-0.1, -0.05) is 6.92 Å². The fraction of sp³-hybridized carbons (Fsp3) is 0.500. The van der Waals surface area contributed by atoms with E-state index in [2.05, 4.69) is 9.97 Å². The van der Waals surface area contributed by atoms with Crippen molar-refractivity contribution in [2.45, 2.75) is 12.1 Å². The second-order valence-corrected chi connectivity index (χ2v) is 5.03. The molecular weight excluding hydrogens is 204 g/mol. The minimum atomic E-state index is -3.45. The molecule has 0 amide bonds. The number of rotatable bonds is 4. The van der Waals surface area contributed by atoms with Crippen molar-refractivity contribution in [3.63, 3.8) is 0 Å². The molecule has 0 bridgehead atoms. The van der Waals surface area contributed by atoms with Crippen LogP contribution in [0.2, 0.25) is 0 Å². The molecule has 0 aliphatic rings. The Hall–Kier alpha value is -1.01. The molecule has 1 N–H and O–H groups in total. The maximum atomic E-state index is 11.6. The second kappa shape index (κ2) is 4.47. The maximum absolute atomic E-state index is 11.6. The van der Waals surface area contributed by atoms with E-state index < -0.39 is 9.84 Å². The van der Waals surface area contributed by atoms with E-state index in [1.807, 2.05) is 0 Å². The molecule has 0 aliphatic heterocycles. The lowest BCUT2D eigenvalue weighted by Gasteiger charge is -2.06. The topological polar surface area (TPSA) is 80.1 Å². The lowest BCUT2D eigenvalue weighted by Crippen LogP contribution is -2.18. The highest BCUT2D eigenvalue weighted by molar-refractivity contribution is 7.91. The van der Waals surface area contributed by atoms with Gasteiger partial charge in [0.15, 0.2) is 0 Å². The first-order valence-corrected chi connectivity index (χ1v) is 5.82. The van der Waals surface area contributed by atoms with Gasteiger partial charge in [0.2, 0.25) is 15.0 Å². The summed E-state index contributed by atoms with van der Waals surface area (Å²) in [5.74, 6) is -0.433. The number of hydrogen-bond acceptors (Lipinski definition) is 5. The van der Waals surface area contributed by atoms with Crippen molar-refractivity contribution in [3.8, 4) is 0 Å². The van der Waals surface area contributed by atoms with Crippen molar-refractivity contribution in [2.75, 3.05) is 12.4 Å². The summed E-state index contributed by atoms with van der Waals surface area (Å²) in [4.78, 5) is 7.31. The van der Waals surface area contributed by atoms with E-state index in [-0.39, 0.29) is 23.4 Å². The molecule has 5 nitrogen and oxygen atoms in total. The highest BCUT2D eigenvalue weighted by Crippen LogP contribution is 2.07. The van der Waals surface area contributed by atoms with E-state index in [1.54, 1.807) is 13.0 Å². The van der Waals surface area contributed by atoms with E-state index in [4.69, 9.17) is 5.11 Å². The van der Waals surface area contributed by atoms with Gasteiger partial charge in [0.25, 0.3) is 0 Å². The third-order valence-corrected chi connectivity index (χ3v) is 3.41. The molecule has 1 aromatic rings. The fourth-order valence-corrected chi connectivity index (χ4v) is 2.39. The van der Waals surface area contributed by atoms with Gasteiger partial charge in [0.05, 0.1) is 5.75 Å². The third kappa shape index (κ3) is 2.74. The van der Waals surface area contributed by atoms with Crippen LogP contribution in [0.1, 0.15) is 6.92 Å². The van der Waals surface area contributed by atoms with Gasteiger partial charge >= 0.3 is 0 Å². The molecule has 1 aromatic heterocycles. The normalized spacial score (nSPS) is 13.9. The zero-order valence-electron chi connectivity index (χ0n) is 7.79. The van der Waals surface area contributed by atoms with Gasteiger partial charge in [-0.15, -0.1) is 0 Å². The Morgan fingerprint density at radius 1 is 1.43 bits per heavy atom. The molecule has 1 heterocycles. The second-order valence-electron chi connectivity index (χ2n) is 3.10. The van der Waals surface area contributed by atoms with Crippen molar-refractivity contribution >= 4 is 9.84 Å². The first kappa shape index (κ1) is 11.1. The highest BCUT2D eigenvalue weighted by Gasteiger charge is 2.20. The van der Waals surface area contributed by atoms with Crippen LogP contribution in [-0.4, -0.2) is 35.9 Å². The molecule has 0 saturated carbocycles. The Labute approximate surface area is 82.8 Å². The van der Waals surface area contributed by atoms with Crippen LogP contribution in [0.15, 0.2) is 23.6 Å². The summed E-state index contributed by atoms with van der Waals surface area (Å²) >= 11 is 0. The van der Waals surface area contributed by atoms with Crippen molar-refractivity contribution < 1.29 is 13.5 Å². The minimum absolute atomic E-state index is 0.131. The summed E-state index contributed by atoms with van der Waals surface area (Å²) in [5.41, 5.74) is 0. The Bertz CT molecular complexity index is 377. The zero-order valence-corrected chi connectivity index (χ0v) is 8.61. The molecule has 6 heteroatoms. The number of aromatic nitrogens is 2. The molecular formula is C8H12N2O3S. The molecule has 1 unspecified atom stereocenters. The molecule has 1 rings (SSSR count). The van der Waals surface area contributed by atoms with Gasteiger partial charge in [-0.3, -0.25) is 0 Å². The van der Waals surface area contributed by atoms with Gasteiger partial charge in [-0.25, -0.2) is 18.4 Å². The fourth-order valence-electron chi connectivity index (χ4n) is 0.948. The van der Waals surface area contributed by atoms with Crippen molar-refractivity contribution in [3.05, 3.63) is 18.5 Å². The SMILES string of the molecule is CC(CO)CS(=O)(=O)c1ncccn1. The Morgan fingerprint density at radius 3 is 2.50 bits per heavy atom. The summed E-state index contributed by atoms with van der Waals surface area (Å²) in [7, 11) is -3.45. The number of nitrogens with zero attached hydrogens (tertiary/aromatic N) is 2. The first-order valence-electron chi connectivity index (χ1n) is 4.17. The van der Waals surface area contributed by atoms with E-state index in [9.17, 15) is 8.42 Å². The van der Waals surface area contributed by atoms with Crippen LogP contribution in [0.3, 0.4) is 0 Å². The van der Waals surface area contributed by atoms with Crippen LogP contribution in [0, 0.1) is 5.92 Å². The molecule has 1 atom stereocenters. The van der Waals surface area contributed by atoms with Crippen LogP contribution in [-0.2, 0) is 9.84 Å². The molecule has 0 radical (unpaired) electrons. The number of hydrogen-bond donors (Lipinski definition) is 1. The van der Waals surface area contributed by atoms with Gasteiger partial charge in [-0.05, 0) is 12.0 Å². The van der Waals surface area contributed by atoms with Crippen molar-refractivity contribution in [1.82, 2.24) is 9.97 Å². The Kier molecular flexibility index (Phi) is 3.54. The smallest absolute Gasteiger partial charge is 0.247 e. The predicted octanol–water partition coefficient (Wildman–Crippen LogP) is -0.121. The number of aliphatic hydroxyl groups is 1. The summed E-state index contributed by atoms with van der Waals surface area (Å²) in [6.45, 7) is 1.49. The summed E-state index contributed by atoms with van der Waals surface area (Å²) in [6.07, 6.45) is 2.76. The monoisotopic (exact) mass is 216 g/mol. The van der Waals surface area contributed by atoms with E-state index in [0.717, 1.165) is 0 Å². The van der Waals surface area contributed by atoms with Gasteiger partial charge < -0.3 is 5.11 Å². The summed E-state index contributed by atoms with van der Waals surface area (Å²) in [6, 6.07) is 1.55. The highest BCUT2D eigenvalue weighted by atomic mass is 32.2. The van der Waals surface area contributed by atoms with Crippen LogP contribution in [0.5, 0.6) is 0 Å². The minimum Gasteiger partial charge on any atom is -0.396 e. The van der Waals surface area contributed by atoms with Gasteiger partial charge in [-0.2, -0.15) is 0 Å². The van der Waals surface area contributed by atoms with Crippen molar-refractivity contribution in [1.29, 1.82) is 0 Å². The largest absolute Gasteiger partial charge is 0.396 e. The average molecular weight is 216 g/mol. The van der Waals surface area contributed by atoms with Crippen LogP contribution in [0.25, 0.3) is 0 Å². The lowest BCUT2D eigenvalue weighted by molar-refractivity contribution is 0.249. The van der Waals surface area contributed by atoms with E-state index in [0.29, 0.717) is 0 Å². The molecule has 0 aliphatic carbocycles. The number of aliphatic hydroxyl groups excluding tert-OH is 1. The molecule has 78 valence electrons. The summed E-state index contributed by atoms with van der Waals surface area (Å²) in [5, 5.41) is 8.56. The predicted molar refractivity (Wildman–Crippen MR) is 50.3 cm³/mol. The molecule has 0 saturated heterocycles. The van der Waals surface area contributed by atoms with E-state index in [1.165, 1.54) is 12.4 Å². The molecule has 14 heavy (non-hydrogen) atoms.